The van der Waals surface area contributed by atoms with Crippen LogP contribution in [0.1, 0.15) is 46.4 Å². The van der Waals surface area contributed by atoms with E-state index in [9.17, 15) is 28.9 Å². The molecule has 0 saturated carbocycles. The number of halogens is 1. The molecule has 0 bridgehead atoms. The third kappa shape index (κ3) is 6.49. The van der Waals surface area contributed by atoms with E-state index in [1.165, 1.54) is 24.3 Å². The standard InChI is InChI=1S/C30H32FN7O6S/c1-5-44-29(41)37-28-20(17-24(45-28)27(40)33-30(2,3)21-8-6-7-9-22(21)31)25(34-37)32-26(39)19-11-10-18(16-23(19)38(42)43)36-14-12-35(4)13-15-36/h6-11,16-17H,5,12-15H2,1-4H3,(H,33,40)(H,32,34,39). The Balaban J connectivity index is 1.46. The van der Waals surface area contributed by atoms with Gasteiger partial charge in [0.15, 0.2) is 5.82 Å². The van der Waals surface area contributed by atoms with E-state index in [4.69, 9.17) is 4.74 Å². The van der Waals surface area contributed by atoms with Crippen molar-refractivity contribution in [3.8, 4) is 0 Å². The van der Waals surface area contributed by atoms with Crippen molar-refractivity contribution in [3.63, 3.8) is 0 Å². The zero-order valence-electron chi connectivity index (χ0n) is 25.1. The Kier molecular flexibility index (Phi) is 8.84. The number of thiophene rings is 1. The predicted molar refractivity (Wildman–Crippen MR) is 168 cm³/mol. The Morgan fingerprint density at radius 1 is 1.09 bits per heavy atom. The number of carbonyl (C=O) groups is 3. The molecule has 3 heterocycles. The molecule has 2 N–H and O–H groups in total. The summed E-state index contributed by atoms with van der Waals surface area (Å²) in [6.07, 6.45) is -0.842. The van der Waals surface area contributed by atoms with E-state index < -0.39 is 34.2 Å². The van der Waals surface area contributed by atoms with E-state index in [-0.39, 0.29) is 44.3 Å². The number of aromatic nitrogens is 2. The predicted octanol–water partition coefficient (Wildman–Crippen LogP) is 4.82. The second-order valence-electron chi connectivity index (χ2n) is 11.1. The van der Waals surface area contributed by atoms with E-state index in [0.29, 0.717) is 18.8 Å². The third-order valence-electron chi connectivity index (χ3n) is 7.52. The number of amides is 2. The Morgan fingerprint density at radius 3 is 2.47 bits per heavy atom. The number of anilines is 2. The van der Waals surface area contributed by atoms with Crippen LogP contribution in [0.5, 0.6) is 0 Å². The van der Waals surface area contributed by atoms with E-state index >= 15 is 0 Å². The van der Waals surface area contributed by atoms with E-state index in [2.05, 4.69) is 20.6 Å². The summed E-state index contributed by atoms with van der Waals surface area (Å²) in [5, 5.41) is 21.8. The van der Waals surface area contributed by atoms with Gasteiger partial charge in [-0.15, -0.1) is 16.4 Å². The van der Waals surface area contributed by atoms with Crippen molar-refractivity contribution in [1.82, 2.24) is 20.0 Å². The molecule has 1 aliphatic rings. The normalized spacial score (nSPS) is 13.9. The number of hydrogen-bond donors (Lipinski definition) is 2. The molecule has 45 heavy (non-hydrogen) atoms. The monoisotopic (exact) mass is 637 g/mol. The average molecular weight is 638 g/mol. The van der Waals surface area contributed by atoms with Crippen LogP contribution < -0.4 is 15.5 Å². The van der Waals surface area contributed by atoms with Crippen LogP contribution in [0.25, 0.3) is 10.2 Å². The Hall–Kier alpha value is -4.89. The van der Waals surface area contributed by atoms with Gasteiger partial charge in [-0.05, 0) is 52.1 Å². The summed E-state index contributed by atoms with van der Waals surface area (Å²) in [6, 6.07) is 11.9. The lowest BCUT2D eigenvalue weighted by Crippen LogP contribution is -2.44. The lowest BCUT2D eigenvalue weighted by Gasteiger charge is -2.34. The fourth-order valence-electron chi connectivity index (χ4n) is 5.10. The first kappa shape index (κ1) is 31.5. The summed E-state index contributed by atoms with van der Waals surface area (Å²) >= 11 is 0.921. The van der Waals surface area contributed by atoms with Gasteiger partial charge in [0.1, 0.15) is 16.2 Å². The smallest absolute Gasteiger partial charge is 0.436 e. The minimum absolute atomic E-state index is 0.0449. The van der Waals surface area contributed by atoms with Crippen molar-refractivity contribution in [2.24, 2.45) is 0 Å². The molecule has 5 rings (SSSR count). The number of nitrogens with zero attached hydrogens (tertiary/aromatic N) is 5. The first-order valence-corrected chi connectivity index (χ1v) is 15.0. The molecule has 4 aromatic rings. The molecule has 0 spiro atoms. The van der Waals surface area contributed by atoms with E-state index in [1.807, 2.05) is 11.9 Å². The molecule has 15 heteroatoms. The fourth-order valence-corrected chi connectivity index (χ4v) is 6.10. The van der Waals surface area contributed by atoms with Crippen molar-refractivity contribution in [1.29, 1.82) is 0 Å². The van der Waals surface area contributed by atoms with Gasteiger partial charge >= 0.3 is 6.09 Å². The first-order chi connectivity index (χ1) is 21.4. The van der Waals surface area contributed by atoms with Crippen LogP contribution >= 0.6 is 11.3 Å². The lowest BCUT2D eigenvalue weighted by atomic mass is 9.93. The molecule has 2 aromatic heterocycles. The second-order valence-corrected chi connectivity index (χ2v) is 12.1. The zero-order chi connectivity index (χ0) is 32.5. The summed E-state index contributed by atoms with van der Waals surface area (Å²) in [5.74, 6) is -1.94. The molecular formula is C30H32FN7O6S. The number of nitrogens with one attached hydrogen (secondary N) is 2. The number of benzene rings is 2. The molecular weight excluding hydrogens is 605 g/mol. The molecule has 0 atom stereocenters. The highest BCUT2D eigenvalue weighted by Gasteiger charge is 2.30. The largest absolute Gasteiger partial charge is 0.448 e. The van der Waals surface area contributed by atoms with Crippen LogP contribution in [0.4, 0.5) is 26.4 Å². The molecule has 1 aliphatic heterocycles. The summed E-state index contributed by atoms with van der Waals surface area (Å²) in [5.41, 5.74) is -0.752. The summed E-state index contributed by atoms with van der Waals surface area (Å²) in [4.78, 5) is 55.4. The molecule has 236 valence electrons. The van der Waals surface area contributed by atoms with Crippen LogP contribution in [0.15, 0.2) is 48.5 Å². The maximum atomic E-state index is 14.5. The molecule has 13 nitrogen and oxygen atoms in total. The van der Waals surface area contributed by atoms with Gasteiger partial charge in [0.2, 0.25) is 0 Å². The summed E-state index contributed by atoms with van der Waals surface area (Å²) in [6.45, 7) is 7.96. The zero-order valence-corrected chi connectivity index (χ0v) is 25.9. The fraction of sp³-hybridized carbons (Fsp3) is 0.333. The lowest BCUT2D eigenvalue weighted by molar-refractivity contribution is -0.385. The number of rotatable bonds is 8. The van der Waals surface area contributed by atoms with Gasteiger partial charge in [-0.3, -0.25) is 19.7 Å². The number of fused-ring (bicyclic) bond motifs is 1. The second kappa shape index (κ2) is 12.6. The van der Waals surface area contributed by atoms with Gasteiger partial charge in [0.25, 0.3) is 17.5 Å². The van der Waals surface area contributed by atoms with E-state index in [0.717, 1.165) is 29.1 Å². The van der Waals surface area contributed by atoms with Crippen LogP contribution in [-0.4, -0.2) is 77.3 Å². The highest BCUT2D eigenvalue weighted by Crippen LogP contribution is 2.34. The van der Waals surface area contributed by atoms with Crippen molar-refractivity contribution in [2.75, 3.05) is 50.1 Å². The molecule has 1 saturated heterocycles. The third-order valence-corrected chi connectivity index (χ3v) is 8.63. The van der Waals surface area contributed by atoms with Gasteiger partial charge in [-0.2, -0.15) is 4.68 Å². The quantitative estimate of drug-likeness (QED) is 0.205. The van der Waals surface area contributed by atoms with Crippen molar-refractivity contribution in [3.05, 3.63) is 80.5 Å². The number of carbonyl (C=O) groups excluding carboxylic acids is 3. The molecule has 2 amide bonds. The number of ether oxygens (including phenoxy) is 1. The van der Waals surface area contributed by atoms with Gasteiger partial charge in [0.05, 0.1) is 27.3 Å². The number of likely N-dealkylation sites (N-methyl/N-ethyl adjacent to an activating group) is 1. The molecule has 0 unspecified atom stereocenters. The maximum Gasteiger partial charge on any atom is 0.436 e. The highest BCUT2D eigenvalue weighted by atomic mass is 32.1. The average Bonchev–Trinajstić information content (AvgIpc) is 3.58. The van der Waals surface area contributed by atoms with Crippen LogP contribution in [0.2, 0.25) is 0 Å². The Morgan fingerprint density at radius 2 is 1.80 bits per heavy atom. The highest BCUT2D eigenvalue weighted by molar-refractivity contribution is 7.20. The Labute approximate surface area is 261 Å². The topological polar surface area (TPSA) is 152 Å². The molecule has 0 radical (unpaired) electrons. The number of nitro benzene ring substituents is 1. The van der Waals surface area contributed by atoms with E-state index in [1.54, 1.807) is 45.0 Å². The molecule has 2 aromatic carbocycles. The van der Waals surface area contributed by atoms with Crippen molar-refractivity contribution in [2.45, 2.75) is 26.3 Å². The Bertz CT molecular complexity index is 1790. The SMILES string of the molecule is CCOC(=O)n1nc(NC(=O)c2ccc(N3CCN(C)CC3)cc2[N+](=O)[O-])c2cc(C(=O)NC(C)(C)c3ccccc3F)sc21. The summed E-state index contributed by atoms with van der Waals surface area (Å²) < 4.78 is 20.5. The first-order valence-electron chi connectivity index (χ1n) is 14.2. The van der Waals surface area contributed by atoms with Crippen LogP contribution in [0.3, 0.4) is 0 Å². The number of hydrogen-bond acceptors (Lipinski definition) is 10. The molecule has 1 fully saturated rings. The van der Waals surface area contributed by atoms with Crippen molar-refractivity contribution < 1.29 is 28.4 Å². The van der Waals surface area contributed by atoms with Gasteiger partial charge in [-0.1, -0.05) is 18.2 Å². The summed E-state index contributed by atoms with van der Waals surface area (Å²) in [7, 11) is 2.00. The maximum absolute atomic E-state index is 14.5. The van der Waals surface area contributed by atoms with Crippen LogP contribution in [-0.2, 0) is 10.3 Å². The number of piperazine rings is 1. The number of nitro groups is 1. The van der Waals surface area contributed by atoms with Gasteiger partial charge < -0.3 is 25.2 Å². The minimum atomic E-state index is -1.09. The minimum Gasteiger partial charge on any atom is -0.448 e. The van der Waals surface area contributed by atoms with Crippen molar-refractivity contribution >= 4 is 56.7 Å². The van der Waals surface area contributed by atoms with Gasteiger partial charge in [0, 0.05) is 43.5 Å². The molecule has 0 aliphatic carbocycles. The van der Waals surface area contributed by atoms with Gasteiger partial charge in [-0.25, -0.2) is 9.18 Å². The van der Waals surface area contributed by atoms with Crippen LogP contribution in [0, 0.1) is 15.9 Å².